The predicted molar refractivity (Wildman–Crippen MR) is 44.8 cm³/mol. The van der Waals surface area contributed by atoms with Gasteiger partial charge in [-0.2, -0.15) is 0 Å². The Morgan fingerprint density at radius 1 is 1.00 bits per heavy atom. The number of carbonyl (C=O) groups is 1. The first-order valence-corrected chi connectivity index (χ1v) is 3.33. The van der Waals surface area contributed by atoms with Crippen LogP contribution >= 0.6 is 13.5 Å². The fourth-order valence-corrected chi connectivity index (χ4v) is 0.618. The molecule has 0 saturated heterocycles. The molecular weight excluding hydrogens is 594 g/mol. The summed E-state index contributed by atoms with van der Waals surface area (Å²) in [6, 6.07) is 0. The van der Waals surface area contributed by atoms with Crippen LogP contribution in [0, 0.1) is 0 Å². The second kappa shape index (κ2) is 13.4. The smallest absolute Gasteiger partial charge is 0.151 e. The van der Waals surface area contributed by atoms with Crippen LogP contribution in [0.3, 0.4) is 0 Å². The van der Waals surface area contributed by atoms with E-state index in [1.54, 1.807) is 0 Å². The van der Waals surface area contributed by atoms with Gasteiger partial charge in [-0.25, -0.2) is 0 Å². The topological polar surface area (TPSA) is 118 Å². The van der Waals surface area contributed by atoms with Gasteiger partial charge >= 0.3 is 0 Å². The SMILES string of the molecule is O=C[C@H](O)[C@@H](O)[C@H](O)[C@H](O)CO.[Au].[Au].[S]. The maximum absolute atomic E-state index is 9.90. The minimum Gasteiger partial charge on any atom is -0.394 e. The van der Waals surface area contributed by atoms with Gasteiger partial charge in [-0.15, -0.1) is 0 Å². The van der Waals surface area contributed by atoms with Gasteiger partial charge in [0.15, 0.2) is 6.29 Å². The maximum Gasteiger partial charge on any atom is 0.151 e. The monoisotopic (exact) mass is 606 g/mol. The molecule has 0 amide bonds. The number of aldehydes is 1. The molecule has 0 unspecified atom stereocenters. The number of hydrogen-bond donors (Lipinski definition) is 5. The minimum absolute atomic E-state index is 0. The molecular formula is C6H12Au2O6S. The van der Waals surface area contributed by atoms with Gasteiger partial charge in [0.1, 0.15) is 24.4 Å². The molecule has 0 bridgehead atoms. The van der Waals surface area contributed by atoms with Crippen molar-refractivity contribution in [2.24, 2.45) is 0 Å². The van der Waals surface area contributed by atoms with E-state index in [2.05, 4.69) is 0 Å². The summed E-state index contributed by atoms with van der Waals surface area (Å²) >= 11 is 0. The van der Waals surface area contributed by atoms with Crippen LogP contribution < -0.4 is 0 Å². The minimum atomic E-state index is -1.79. The van der Waals surface area contributed by atoms with Crippen molar-refractivity contribution in [1.29, 1.82) is 0 Å². The van der Waals surface area contributed by atoms with Gasteiger partial charge in [0.2, 0.25) is 0 Å². The summed E-state index contributed by atoms with van der Waals surface area (Å²) in [5, 5.41) is 43.5. The van der Waals surface area contributed by atoms with Gasteiger partial charge < -0.3 is 30.3 Å². The van der Waals surface area contributed by atoms with E-state index in [9.17, 15) is 4.79 Å². The molecule has 0 rings (SSSR count). The number of carbonyl (C=O) groups excluding carboxylic acids is 1. The Morgan fingerprint density at radius 3 is 1.67 bits per heavy atom. The van der Waals surface area contributed by atoms with Crippen LogP contribution in [0.15, 0.2) is 0 Å². The molecule has 4 radical (unpaired) electrons. The molecule has 9 heteroatoms. The van der Waals surface area contributed by atoms with Gasteiger partial charge in [0.25, 0.3) is 0 Å². The molecule has 0 aliphatic heterocycles. The number of rotatable bonds is 5. The zero-order chi connectivity index (χ0) is 9.72. The van der Waals surface area contributed by atoms with E-state index < -0.39 is 31.0 Å². The van der Waals surface area contributed by atoms with Crippen molar-refractivity contribution in [1.82, 2.24) is 0 Å². The summed E-state index contributed by atoms with van der Waals surface area (Å²) in [5.41, 5.74) is 0. The Hall–Kier alpha value is 1.30. The number of hydrogen-bond acceptors (Lipinski definition) is 6. The average molecular weight is 606 g/mol. The molecule has 15 heavy (non-hydrogen) atoms. The third-order valence-electron chi connectivity index (χ3n) is 1.42. The molecule has 0 aromatic rings. The van der Waals surface area contributed by atoms with E-state index in [1.807, 2.05) is 0 Å². The predicted octanol–water partition coefficient (Wildman–Crippen LogP) is -2.74. The van der Waals surface area contributed by atoms with E-state index in [0.29, 0.717) is 0 Å². The van der Waals surface area contributed by atoms with Crippen molar-refractivity contribution in [3.63, 3.8) is 0 Å². The molecule has 0 spiro atoms. The van der Waals surface area contributed by atoms with Crippen molar-refractivity contribution in [3.8, 4) is 0 Å². The third-order valence-corrected chi connectivity index (χ3v) is 1.42. The zero-order valence-corrected chi connectivity index (χ0v) is 12.4. The maximum atomic E-state index is 9.90. The van der Waals surface area contributed by atoms with Gasteiger partial charge in [0, 0.05) is 58.3 Å². The number of aliphatic hydroxyl groups is 5. The molecule has 0 saturated carbocycles. The molecule has 100 valence electrons. The molecule has 6 nitrogen and oxygen atoms in total. The van der Waals surface area contributed by atoms with Gasteiger partial charge in [-0.1, -0.05) is 0 Å². The Morgan fingerprint density at radius 2 is 1.40 bits per heavy atom. The van der Waals surface area contributed by atoms with E-state index in [-0.39, 0.29) is 64.5 Å². The molecule has 4 atom stereocenters. The largest absolute Gasteiger partial charge is 0.394 e. The molecule has 0 aliphatic carbocycles. The normalized spacial score (nSPS) is 16.9. The summed E-state index contributed by atoms with van der Waals surface area (Å²) in [6.45, 7) is -0.760. The summed E-state index contributed by atoms with van der Waals surface area (Å²) in [4.78, 5) is 9.90. The zero-order valence-electron chi connectivity index (χ0n) is 7.25. The van der Waals surface area contributed by atoms with Crippen LogP contribution in [0.1, 0.15) is 0 Å². The van der Waals surface area contributed by atoms with Crippen molar-refractivity contribution in [2.75, 3.05) is 6.61 Å². The summed E-state index contributed by atoms with van der Waals surface area (Å²) in [6.07, 6.45) is -6.84. The molecule has 0 aromatic carbocycles. The van der Waals surface area contributed by atoms with Crippen molar-refractivity contribution < 1.29 is 75.1 Å². The second-order valence-electron chi connectivity index (χ2n) is 2.36. The standard InChI is InChI=1S/C6H12O6.2Au.S/c7-1-3(9)5(11)6(12)4(10)2-8;;;/h1,3-6,8-12H,2H2;;;/t3-,4+,5+,6+;;;/m0.../s1. The Bertz CT molecular complexity index is 152. The van der Waals surface area contributed by atoms with E-state index >= 15 is 0 Å². The quantitative estimate of drug-likeness (QED) is 0.172. The van der Waals surface area contributed by atoms with Gasteiger partial charge in [-0.3, -0.25) is 0 Å². The van der Waals surface area contributed by atoms with Crippen LogP contribution in [0.5, 0.6) is 0 Å². The molecule has 0 heterocycles. The molecule has 0 aromatic heterocycles. The fraction of sp³-hybridized carbons (Fsp3) is 0.833. The average Bonchev–Trinajstić information content (AvgIpc) is 2.12. The van der Waals surface area contributed by atoms with Crippen LogP contribution in [0.25, 0.3) is 0 Å². The van der Waals surface area contributed by atoms with Gasteiger partial charge in [0.05, 0.1) is 6.61 Å². The van der Waals surface area contributed by atoms with Crippen LogP contribution in [0.4, 0.5) is 0 Å². The van der Waals surface area contributed by atoms with Crippen LogP contribution in [-0.2, 0) is 49.6 Å². The van der Waals surface area contributed by atoms with Crippen molar-refractivity contribution in [2.45, 2.75) is 24.4 Å². The summed E-state index contributed by atoms with van der Waals surface area (Å²) in [5.74, 6) is 0. The Kier molecular flexibility index (Phi) is 22.5. The fourth-order valence-electron chi connectivity index (χ4n) is 0.618. The van der Waals surface area contributed by atoms with E-state index in [0.717, 1.165) is 0 Å². The Labute approximate surface area is 125 Å². The van der Waals surface area contributed by atoms with E-state index in [1.165, 1.54) is 0 Å². The third kappa shape index (κ3) is 9.04. The summed E-state index contributed by atoms with van der Waals surface area (Å²) in [7, 11) is 0. The first-order chi connectivity index (χ1) is 5.54. The van der Waals surface area contributed by atoms with Crippen molar-refractivity contribution >= 4 is 19.8 Å². The molecule has 5 N–H and O–H groups in total. The second-order valence-corrected chi connectivity index (χ2v) is 2.36. The van der Waals surface area contributed by atoms with Gasteiger partial charge in [-0.05, 0) is 0 Å². The Balaban J connectivity index is -0.000000202. The molecule has 0 aliphatic rings. The van der Waals surface area contributed by atoms with Crippen molar-refractivity contribution in [3.05, 3.63) is 0 Å². The summed E-state index contributed by atoms with van der Waals surface area (Å²) < 4.78 is 0. The van der Waals surface area contributed by atoms with E-state index in [4.69, 9.17) is 25.5 Å². The molecule has 0 fully saturated rings. The first-order valence-electron chi connectivity index (χ1n) is 3.33. The first kappa shape index (κ1) is 25.2. The van der Waals surface area contributed by atoms with Crippen LogP contribution in [-0.4, -0.2) is 62.8 Å². The van der Waals surface area contributed by atoms with Crippen LogP contribution in [0.2, 0.25) is 0 Å². The number of aliphatic hydroxyl groups excluding tert-OH is 5.